The smallest absolute Gasteiger partial charge is 0.0261 e. The maximum absolute atomic E-state index is 6.18. The van der Waals surface area contributed by atoms with Crippen molar-refractivity contribution >= 4 is 0 Å². The Kier molecular flexibility index (Phi) is 3.42. The van der Waals surface area contributed by atoms with Crippen molar-refractivity contribution in [2.45, 2.75) is 50.7 Å². The Morgan fingerprint density at radius 1 is 1.21 bits per heavy atom. The summed E-state index contributed by atoms with van der Waals surface area (Å²) in [5, 5.41) is 7.14. The maximum atomic E-state index is 6.18. The Labute approximate surface area is 86.8 Å². The number of hydrogen-bond donors (Lipinski definition) is 3. The molecule has 3 nitrogen and oxygen atoms in total. The highest BCUT2D eigenvalue weighted by molar-refractivity contribution is 4.93. The van der Waals surface area contributed by atoms with Crippen molar-refractivity contribution in [3.63, 3.8) is 0 Å². The van der Waals surface area contributed by atoms with Crippen LogP contribution in [-0.2, 0) is 0 Å². The molecule has 14 heavy (non-hydrogen) atoms. The summed E-state index contributed by atoms with van der Waals surface area (Å²) in [6.07, 6.45) is 5.07. The Balaban J connectivity index is 1.92. The SMILES string of the molecule is CC1CCC(N)C(C2CCCNC2)N1. The maximum Gasteiger partial charge on any atom is 0.0261 e. The summed E-state index contributed by atoms with van der Waals surface area (Å²) in [6.45, 7) is 4.61. The van der Waals surface area contributed by atoms with E-state index in [1.807, 2.05) is 0 Å². The molecule has 0 bridgehead atoms. The Bertz CT molecular complexity index is 177. The van der Waals surface area contributed by atoms with Crippen molar-refractivity contribution in [2.75, 3.05) is 13.1 Å². The summed E-state index contributed by atoms with van der Waals surface area (Å²) in [5.41, 5.74) is 6.18. The fourth-order valence-corrected chi connectivity index (χ4v) is 2.83. The van der Waals surface area contributed by atoms with Crippen LogP contribution in [0.3, 0.4) is 0 Å². The molecule has 2 saturated heterocycles. The first-order valence-electron chi connectivity index (χ1n) is 5.99. The topological polar surface area (TPSA) is 50.1 Å². The lowest BCUT2D eigenvalue weighted by Crippen LogP contribution is -2.58. The molecule has 2 aliphatic rings. The minimum atomic E-state index is 0.371. The minimum Gasteiger partial charge on any atom is -0.326 e. The van der Waals surface area contributed by atoms with E-state index in [1.165, 1.54) is 32.2 Å². The lowest BCUT2D eigenvalue weighted by atomic mass is 9.82. The second-order valence-electron chi connectivity index (χ2n) is 4.94. The van der Waals surface area contributed by atoms with Gasteiger partial charge in [-0.15, -0.1) is 0 Å². The second-order valence-corrected chi connectivity index (χ2v) is 4.94. The molecule has 0 aromatic carbocycles. The van der Waals surface area contributed by atoms with Gasteiger partial charge in [0.15, 0.2) is 0 Å². The van der Waals surface area contributed by atoms with Crippen molar-refractivity contribution < 1.29 is 0 Å². The lowest BCUT2D eigenvalue weighted by Gasteiger charge is -2.40. The summed E-state index contributed by atoms with van der Waals surface area (Å²) in [6, 6.07) is 1.57. The first-order chi connectivity index (χ1) is 6.77. The highest BCUT2D eigenvalue weighted by Crippen LogP contribution is 2.22. The Morgan fingerprint density at radius 2 is 2.07 bits per heavy atom. The highest BCUT2D eigenvalue weighted by atomic mass is 15.0. The second kappa shape index (κ2) is 4.60. The Morgan fingerprint density at radius 3 is 2.79 bits per heavy atom. The van der Waals surface area contributed by atoms with Crippen LogP contribution in [0, 0.1) is 5.92 Å². The molecule has 4 unspecified atom stereocenters. The van der Waals surface area contributed by atoms with Crippen LogP contribution in [-0.4, -0.2) is 31.2 Å². The van der Waals surface area contributed by atoms with Crippen molar-refractivity contribution in [3.8, 4) is 0 Å². The standard InChI is InChI=1S/C11H23N3/c1-8-4-5-10(12)11(14-8)9-3-2-6-13-7-9/h8-11,13-14H,2-7,12H2,1H3. The highest BCUT2D eigenvalue weighted by Gasteiger charge is 2.32. The van der Waals surface area contributed by atoms with E-state index in [0.717, 1.165) is 12.5 Å². The third-order valence-corrected chi connectivity index (χ3v) is 3.71. The van der Waals surface area contributed by atoms with Crippen LogP contribution in [0.25, 0.3) is 0 Å². The summed E-state index contributed by atoms with van der Waals surface area (Å²) in [5.74, 6) is 0.751. The van der Waals surface area contributed by atoms with Gasteiger partial charge in [-0.05, 0) is 51.6 Å². The molecule has 0 aromatic rings. The molecule has 2 heterocycles. The van der Waals surface area contributed by atoms with E-state index in [0.29, 0.717) is 18.1 Å². The van der Waals surface area contributed by atoms with E-state index in [-0.39, 0.29) is 0 Å². The van der Waals surface area contributed by atoms with Gasteiger partial charge in [0.05, 0.1) is 0 Å². The quantitative estimate of drug-likeness (QED) is 0.572. The molecule has 2 fully saturated rings. The predicted octanol–water partition coefficient (Wildman–Crippen LogP) is 0.454. The molecule has 0 radical (unpaired) electrons. The molecule has 4 atom stereocenters. The average molecular weight is 197 g/mol. The molecule has 4 N–H and O–H groups in total. The average Bonchev–Trinajstić information content (AvgIpc) is 2.23. The molecule has 2 rings (SSSR count). The van der Waals surface area contributed by atoms with E-state index in [4.69, 9.17) is 5.73 Å². The third kappa shape index (κ3) is 2.27. The predicted molar refractivity (Wildman–Crippen MR) is 59.2 cm³/mol. The third-order valence-electron chi connectivity index (χ3n) is 3.71. The largest absolute Gasteiger partial charge is 0.326 e. The zero-order valence-corrected chi connectivity index (χ0v) is 9.13. The van der Waals surface area contributed by atoms with Gasteiger partial charge in [-0.3, -0.25) is 0 Å². The van der Waals surface area contributed by atoms with Crippen LogP contribution >= 0.6 is 0 Å². The zero-order valence-electron chi connectivity index (χ0n) is 9.13. The van der Waals surface area contributed by atoms with E-state index < -0.39 is 0 Å². The van der Waals surface area contributed by atoms with E-state index >= 15 is 0 Å². The first kappa shape index (κ1) is 10.4. The van der Waals surface area contributed by atoms with Crippen LogP contribution in [0.15, 0.2) is 0 Å². The van der Waals surface area contributed by atoms with Gasteiger partial charge >= 0.3 is 0 Å². The summed E-state index contributed by atoms with van der Waals surface area (Å²) >= 11 is 0. The molecular weight excluding hydrogens is 174 g/mol. The van der Waals surface area contributed by atoms with Gasteiger partial charge in [-0.2, -0.15) is 0 Å². The summed E-state index contributed by atoms with van der Waals surface area (Å²) in [4.78, 5) is 0. The van der Waals surface area contributed by atoms with Gasteiger partial charge in [0.2, 0.25) is 0 Å². The molecule has 2 aliphatic heterocycles. The first-order valence-corrected chi connectivity index (χ1v) is 5.99. The molecule has 0 amide bonds. The van der Waals surface area contributed by atoms with Gasteiger partial charge in [0.1, 0.15) is 0 Å². The van der Waals surface area contributed by atoms with E-state index in [1.54, 1.807) is 0 Å². The van der Waals surface area contributed by atoms with Crippen LogP contribution in [0.2, 0.25) is 0 Å². The van der Waals surface area contributed by atoms with Gasteiger partial charge in [-0.25, -0.2) is 0 Å². The normalized spacial score (nSPS) is 45.0. The number of hydrogen-bond acceptors (Lipinski definition) is 3. The molecule has 0 aromatic heterocycles. The number of nitrogens with two attached hydrogens (primary N) is 1. The molecule has 0 spiro atoms. The van der Waals surface area contributed by atoms with Crippen LogP contribution < -0.4 is 16.4 Å². The van der Waals surface area contributed by atoms with Crippen molar-refractivity contribution in [1.29, 1.82) is 0 Å². The van der Waals surface area contributed by atoms with Gasteiger partial charge in [0, 0.05) is 18.1 Å². The van der Waals surface area contributed by atoms with Gasteiger partial charge < -0.3 is 16.4 Å². The van der Waals surface area contributed by atoms with Crippen molar-refractivity contribution in [2.24, 2.45) is 11.7 Å². The van der Waals surface area contributed by atoms with Crippen LogP contribution in [0.5, 0.6) is 0 Å². The number of rotatable bonds is 1. The van der Waals surface area contributed by atoms with Crippen LogP contribution in [0.1, 0.15) is 32.6 Å². The molecule has 0 saturated carbocycles. The number of nitrogens with one attached hydrogen (secondary N) is 2. The van der Waals surface area contributed by atoms with Crippen molar-refractivity contribution in [3.05, 3.63) is 0 Å². The van der Waals surface area contributed by atoms with E-state index in [2.05, 4.69) is 17.6 Å². The molecule has 3 heteroatoms. The Hall–Kier alpha value is -0.120. The number of piperidine rings is 2. The van der Waals surface area contributed by atoms with E-state index in [9.17, 15) is 0 Å². The lowest BCUT2D eigenvalue weighted by molar-refractivity contribution is 0.197. The van der Waals surface area contributed by atoms with Gasteiger partial charge in [0.25, 0.3) is 0 Å². The zero-order chi connectivity index (χ0) is 9.97. The fraction of sp³-hybridized carbons (Fsp3) is 1.00. The van der Waals surface area contributed by atoms with Gasteiger partial charge in [-0.1, -0.05) is 0 Å². The minimum absolute atomic E-state index is 0.371. The summed E-state index contributed by atoms with van der Waals surface area (Å²) < 4.78 is 0. The summed E-state index contributed by atoms with van der Waals surface area (Å²) in [7, 11) is 0. The monoisotopic (exact) mass is 197 g/mol. The fourth-order valence-electron chi connectivity index (χ4n) is 2.83. The molecular formula is C11H23N3. The molecule has 0 aliphatic carbocycles. The van der Waals surface area contributed by atoms with Crippen molar-refractivity contribution in [1.82, 2.24) is 10.6 Å². The molecule has 82 valence electrons. The van der Waals surface area contributed by atoms with Crippen LogP contribution in [0.4, 0.5) is 0 Å².